The van der Waals surface area contributed by atoms with Crippen LogP contribution in [0.5, 0.6) is 0 Å². The molecule has 3 aromatic rings. The maximum absolute atomic E-state index is 13.3. The fourth-order valence-corrected chi connectivity index (χ4v) is 3.73. The van der Waals surface area contributed by atoms with Gasteiger partial charge in [0.25, 0.3) is 5.56 Å². The number of nitrogens with zero attached hydrogens (tertiary/aromatic N) is 4. The predicted molar refractivity (Wildman–Crippen MR) is 121 cm³/mol. The summed E-state index contributed by atoms with van der Waals surface area (Å²) >= 11 is 0. The zero-order valence-corrected chi connectivity index (χ0v) is 18.7. The van der Waals surface area contributed by atoms with E-state index in [4.69, 9.17) is 0 Å². The summed E-state index contributed by atoms with van der Waals surface area (Å²) in [7, 11) is 0. The summed E-state index contributed by atoms with van der Waals surface area (Å²) in [6, 6.07) is 9.55. The van der Waals surface area contributed by atoms with Crippen molar-refractivity contribution in [2.24, 2.45) is 5.92 Å². The molecule has 3 rings (SSSR count). The monoisotopic (exact) mass is 425 g/mol. The third-order valence-electron chi connectivity index (χ3n) is 5.38. The molecular formula is C23H31N5O3. The summed E-state index contributed by atoms with van der Waals surface area (Å²) in [5.41, 5.74) is 0.588. The molecule has 2 aromatic heterocycles. The van der Waals surface area contributed by atoms with Crippen molar-refractivity contribution in [1.29, 1.82) is 0 Å². The minimum absolute atomic E-state index is 0.0185. The first-order valence-electron chi connectivity index (χ1n) is 10.9. The van der Waals surface area contributed by atoms with Crippen LogP contribution in [-0.2, 0) is 24.4 Å². The van der Waals surface area contributed by atoms with Gasteiger partial charge < -0.3 is 9.88 Å². The van der Waals surface area contributed by atoms with Gasteiger partial charge in [-0.1, -0.05) is 58.0 Å². The van der Waals surface area contributed by atoms with Crippen LogP contribution in [0.25, 0.3) is 11.2 Å². The first-order chi connectivity index (χ1) is 14.8. The summed E-state index contributed by atoms with van der Waals surface area (Å²) in [6.07, 6.45) is 3.17. The number of imidazole rings is 1. The molecular weight excluding hydrogens is 394 g/mol. The summed E-state index contributed by atoms with van der Waals surface area (Å²) < 4.78 is 4.29. The lowest BCUT2D eigenvalue weighted by Gasteiger charge is -2.16. The van der Waals surface area contributed by atoms with Gasteiger partial charge in [-0.2, -0.15) is 0 Å². The molecule has 0 aliphatic carbocycles. The van der Waals surface area contributed by atoms with Crippen LogP contribution in [0.3, 0.4) is 0 Å². The summed E-state index contributed by atoms with van der Waals surface area (Å²) in [4.78, 5) is 43.6. The highest BCUT2D eigenvalue weighted by atomic mass is 16.2. The SMILES string of the molecule is CCC(CC)NC(=O)Cn1c(=O)c2c(ncn2CC(C)C)n(Cc2ccccc2)c1=O. The Kier molecular flexibility index (Phi) is 7.09. The molecule has 1 N–H and O–H groups in total. The number of aromatic nitrogens is 4. The minimum atomic E-state index is -0.532. The molecule has 0 aliphatic rings. The first-order valence-corrected chi connectivity index (χ1v) is 10.9. The number of hydrogen-bond donors (Lipinski definition) is 1. The molecule has 0 saturated carbocycles. The van der Waals surface area contributed by atoms with E-state index in [1.54, 1.807) is 10.9 Å². The van der Waals surface area contributed by atoms with Crippen molar-refractivity contribution in [2.45, 2.75) is 66.2 Å². The van der Waals surface area contributed by atoms with Gasteiger partial charge in [-0.25, -0.2) is 14.3 Å². The molecule has 1 aromatic carbocycles. The molecule has 8 heteroatoms. The van der Waals surface area contributed by atoms with E-state index < -0.39 is 11.2 Å². The average Bonchev–Trinajstić information content (AvgIpc) is 3.16. The highest BCUT2D eigenvalue weighted by Gasteiger charge is 2.21. The minimum Gasteiger partial charge on any atom is -0.352 e. The number of fused-ring (bicyclic) bond motifs is 1. The van der Waals surface area contributed by atoms with Gasteiger partial charge in [-0.15, -0.1) is 0 Å². The van der Waals surface area contributed by atoms with E-state index in [9.17, 15) is 14.4 Å². The number of carbonyl (C=O) groups excluding carboxylic acids is 1. The Morgan fingerprint density at radius 1 is 1.06 bits per heavy atom. The lowest BCUT2D eigenvalue weighted by molar-refractivity contribution is -0.122. The molecule has 31 heavy (non-hydrogen) atoms. The molecule has 0 fully saturated rings. The Bertz CT molecular complexity index is 1150. The molecule has 0 radical (unpaired) electrons. The number of nitrogens with one attached hydrogen (secondary N) is 1. The van der Waals surface area contributed by atoms with Crippen molar-refractivity contribution in [1.82, 2.24) is 24.0 Å². The van der Waals surface area contributed by atoms with Gasteiger partial charge in [0, 0.05) is 12.6 Å². The van der Waals surface area contributed by atoms with Crippen molar-refractivity contribution >= 4 is 17.1 Å². The highest BCUT2D eigenvalue weighted by Crippen LogP contribution is 2.11. The average molecular weight is 426 g/mol. The normalized spacial score (nSPS) is 11.5. The fraction of sp³-hybridized carbons (Fsp3) is 0.478. The van der Waals surface area contributed by atoms with E-state index in [0.29, 0.717) is 17.7 Å². The van der Waals surface area contributed by atoms with E-state index in [-0.39, 0.29) is 31.0 Å². The van der Waals surface area contributed by atoms with Crippen LogP contribution in [0.4, 0.5) is 0 Å². The van der Waals surface area contributed by atoms with Crippen LogP contribution in [-0.4, -0.2) is 30.6 Å². The van der Waals surface area contributed by atoms with E-state index in [1.807, 2.05) is 58.0 Å². The number of benzene rings is 1. The predicted octanol–water partition coefficient (Wildman–Crippen LogP) is 2.37. The van der Waals surface area contributed by atoms with E-state index in [1.165, 1.54) is 4.57 Å². The Morgan fingerprint density at radius 3 is 2.35 bits per heavy atom. The second-order valence-corrected chi connectivity index (χ2v) is 8.29. The van der Waals surface area contributed by atoms with E-state index in [0.717, 1.165) is 23.0 Å². The molecule has 0 spiro atoms. The van der Waals surface area contributed by atoms with Crippen molar-refractivity contribution in [3.05, 3.63) is 63.1 Å². The van der Waals surface area contributed by atoms with Gasteiger partial charge in [-0.05, 0) is 24.3 Å². The molecule has 0 unspecified atom stereocenters. The fourth-order valence-electron chi connectivity index (χ4n) is 3.73. The molecule has 8 nitrogen and oxygen atoms in total. The molecule has 0 atom stereocenters. The molecule has 2 heterocycles. The third-order valence-corrected chi connectivity index (χ3v) is 5.38. The Morgan fingerprint density at radius 2 is 1.74 bits per heavy atom. The quantitative estimate of drug-likeness (QED) is 0.570. The lowest BCUT2D eigenvalue weighted by atomic mass is 10.2. The molecule has 166 valence electrons. The van der Waals surface area contributed by atoms with E-state index >= 15 is 0 Å². The van der Waals surface area contributed by atoms with Gasteiger partial charge in [0.1, 0.15) is 6.54 Å². The molecule has 0 saturated heterocycles. The number of carbonyl (C=O) groups is 1. The molecule has 0 aliphatic heterocycles. The van der Waals surface area contributed by atoms with Crippen molar-refractivity contribution in [2.75, 3.05) is 0 Å². The van der Waals surface area contributed by atoms with E-state index in [2.05, 4.69) is 10.3 Å². The number of amides is 1. The summed E-state index contributed by atoms with van der Waals surface area (Å²) in [6.45, 7) is 8.62. The van der Waals surface area contributed by atoms with Gasteiger partial charge in [0.05, 0.1) is 12.9 Å². The second-order valence-electron chi connectivity index (χ2n) is 8.29. The molecule has 1 amide bonds. The van der Waals surface area contributed by atoms with Gasteiger partial charge in [0.2, 0.25) is 5.91 Å². The van der Waals surface area contributed by atoms with Crippen molar-refractivity contribution in [3.8, 4) is 0 Å². The zero-order valence-electron chi connectivity index (χ0n) is 18.7. The van der Waals surface area contributed by atoms with Crippen LogP contribution >= 0.6 is 0 Å². The maximum atomic E-state index is 13.3. The standard InChI is InChI=1S/C23H31N5O3/c1-5-18(6-2)25-19(29)14-28-22(30)20-21(24-15-26(20)12-16(3)4)27(23(28)31)13-17-10-8-7-9-11-17/h7-11,15-16,18H,5-6,12-14H2,1-4H3,(H,25,29). The van der Waals surface area contributed by atoms with Gasteiger partial charge >= 0.3 is 5.69 Å². The summed E-state index contributed by atoms with van der Waals surface area (Å²) in [5.74, 6) is -0.0497. The Hall–Kier alpha value is -3.16. The number of rotatable bonds is 9. The Labute approximate surface area is 181 Å². The number of hydrogen-bond acceptors (Lipinski definition) is 4. The highest BCUT2D eigenvalue weighted by molar-refractivity contribution is 5.77. The third kappa shape index (κ3) is 4.95. The summed E-state index contributed by atoms with van der Waals surface area (Å²) in [5, 5.41) is 2.91. The Balaban J connectivity index is 2.13. The van der Waals surface area contributed by atoms with Crippen LogP contribution in [0, 0.1) is 5.92 Å². The molecule has 0 bridgehead atoms. The lowest BCUT2D eigenvalue weighted by Crippen LogP contribution is -2.46. The topological polar surface area (TPSA) is 90.9 Å². The second kappa shape index (κ2) is 9.76. The smallest absolute Gasteiger partial charge is 0.333 e. The zero-order chi connectivity index (χ0) is 22.5. The van der Waals surface area contributed by atoms with Crippen LogP contribution in [0.1, 0.15) is 46.1 Å². The van der Waals surface area contributed by atoms with Crippen LogP contribution in [0.15, 0.2) is 46.2 Å². The van der Waals surface area contributed by atoms with Crippen LogP contribution in [0.2, 0.25) is 0 Å². The maximum Gasteiger partial charge on any atom is 0.333 e. The van der Waals surface area contributed by atoms with Gasteiger partial charge in [-0.3, -0.25) is 14.2 Å². The van der Waals surface area contributed by atoms with Crippen molar-refractivity contribution < 1.29 is 4.79 Å². The largest absolute Gasteiger partial charge is 0.352 e. The van der Waals surface area contributed by atoms with Crippen LogP contribution < -0.4 is 16.6 Å². The van der Waals surface area contributed by atoms with Gasteiger partial charge in [0.15, 0.2) is 11.2 Å². The van der Waals surface area contributed by atoms with Crippen molar-refractivity contribution in [3.63, 3.8) is 0 Å². The first kappa shape index (κ1) is 22.5.